The highest BCUT2D eigenvalue weighted by molar-refractivity contribution is 5.78. The molecule has 2 rings (SSSR count). The molecule has 0 saturated carbocycles. The van der Waals surface area contributed by atoms with Crippen molar-refractivity contribution in [2.75, 3.05) is 26.9 Å². The first-order valence-corrected chi connectivity index (χ1v) is 7.18. The molecule has 1 saturated heterocycles. The fourth-order valence-corrected chi connectivity index (χ4v) is 2.55. The molecule has 0 radical (unpaired) electrons. The zero-order chi connectivity index (χ0) is 15.4. The van der Waals surface area contributed by atoms with Gasteiger partial charge in [-0.15, -0.1) is 0 Å². The van der Waals surface area contributed by atoms with E-state index in [9.17, 15) is 9.90 Å². The number of ether oxygens (including phenoxy) is 2. The summed E-state index contributed by atoms with van der Waals surface area (Å²) in [6, 6.07) is 5.59. The molecule has 1 aliphatic rings. The van der Waals surface area contributed by atoms with Crippen LogP contribution in [0.3, 0.4) is 0 Å². The fourth-order valence-electron chi connectivity index (χ4n) is 2.55. The number of carbonyl (C=O) groups is 1. The molecule has 0 aliphatic carbocycles. The molecule has 1 fully saturated rings. The first kappa shape index (κ1) is 15.8. The number of aliphatic hydroxyl groups is 1. The number of likely N-dealkylation sites (tertiary alicyclic amines) is 1. The smallest absolute Gasteiger partial charge is 0.260 e. The molecule has 1 amide bonds. The molecule has 1 aromatic rings. The number of carbonyl (C=O) groups excluding carboxylic acids is 1. The number of amides is 1. The number of methoxy groups -OCH3 is 1. The van der Waals surface area contributed by atoms with E-state index in [1.165, 1.54) is 5.56 Å². The summed E-state index contributed by atoms with van der Waals surface area (Å²) in [5.74, 6) is 0.571. The third-order valence-electron chi connectivity index (χ3n) is 4.08. The minimum atomic E-state index is -0.175. The maximum Gasteiger partial charge on any atom is 0.260 e. The molecule has 1 N–H and O–H groups in total. The number of aryl methyl sites for hydroxylation is 2. The first-order valence-electron chi connectivity index (χ1n) is 7.18. The molecule has 5 nitrogen and oxygen atoms in total. The standard InChI is InChI=1S/C16H23NO4/c1-11-4-5-14(6-12(11)2)21-10-16(19)17-8-15(20-3)7-13(17)9-18/h4-6,13,15,18H,7-10H2,1-3H3/t13-,15+/m0/s1. The second-order valence-electron chi connectivity index (χ2n) is 5.51. The summed E-state index contributed by atoms with van der Waals surface area (Å²) in [4.78, 5) is 13.9. The number of hydrogen-bond acceptors (Lipinski definition) is 4. The van der Waals surface area contributed by atoms with Gasteiger partial charge in [-0.25, -0.2) is 0 Å². The van der Waals surface area contributed by atoms with E-state index < -0.39 is 0 Å². The van der Waals surface area contributed by atoms with Crippen LogP contribution in [0.15, 0.2) is 18.2 Å². The molecule has 1 heterocycles. The largest absolute Gasteiger partial charge is 0.484 e. The lowest BCUT2D eigenvalue weighted by Crippen LogP contribution is -2.40. The van der Waals surface area contributed by atoms with Gasteiger partial charge in [0.2, 0.25) is 0 Å². The summed E-state index contributed by atoms with van der Waals surface area (Å²) < 4.78 is 10.8. The quantitative estimate of drug-likeness (QED) is 0.889. The predicted octanol–water partition coefficient (Wildman–Crippen LogP) is 1.29. The fraction of sp³-hybridized carbons (Fsp3) is 0.562. The molecular formula is C16H23NO4. The second-order valence-corrected chi connectivity index (χ2v) is 5.51. The highest BCUT2D eigenvalue weighted by Gasteiger charge is 2.34. The third-order valence-corrected chi connectivity index (χ3v) is 4.08. The van der Waals surface area contributed by atoms with E-state index in [4.69, 9.17) is 9.47 Å². The van der Waals surface area contributed by atoms with E-state index in [0.29, 0.717) is 18.7 Å². The van der Waals surface area contributed by atoms with Crippen LogP contribution in [0, 0.1) is 13.8 Å². The zero-order valence-corrected chi connectivity index (χ0v) is 12.8. The van der Waals surface area contributed by atoms with Crippen molar-refractivity contribution < 1.29 is 19.4 Å². The monoisotopic (exact) mass is 293 g/mol. The molecule has 116 valence electrons. The number of benzene rings is 1. The zero-order valence-electron chi connectivity index (χ0n) is 12.8. The van der Waals surface area contributed by atoms with Crippen LogP contribution in [0.25, 0.3) is 0 Å². The third kappa shape index (κ3) is 3.74. The minimum Gasteiger partial charge on any atom is -0.484 e. The van der Waals surface area contributed by atoms with Gasteiger partial charge in [-0.3, -0.25) is 4.79 Å². The van der Waals surface area contributed by atoms with E-state index >= 15 is 0 Å². The average molecular weight is 293 g/mol. The van der Waals surface area contributed by atoms with Crippen LogP contribution in [-0.2, 0) is 9.53 Å². The van der Waals surface area contributed by atoms with Gasteiger partial charge < -0.3 is 19.5 Å². The topological polar surface area (TPSA) is 59.0 Å². The molecule has 21 heavy (non-hydrogen) atoms. The Balaban J connectivity index is 1.93. The summed E-state index contributed by atoms with van der Waals surface area (Å²) in [5.41, 5.74) is 2.32. The lowest BCUT2D eigenvalue weighted by molar-refractivity contribution is -0.135. The lowest BCUT2D eigenvalue weighted by Gasteiger charge is -2.22. The van der Waals surface area contributed by atoms with Gasteiger partial charge in [0.25, 0.3) is 5.91 Å². The summed E-state index contributed by atoms with van der Waals surface area (Å²) in [6.45, 7) is 4.49. The number of hydrogen-bond donors (Lipinski definition) is 1. The van der Waals surface area contributed by atoms with Crippen molar-refractivity contribution in [3.8, 4) is 5.75 Å². The van der Waals surface area contributed by atoms with Gasteiger partial charge in [-0.2, -0.15) is 0 Å². The van der Waals surface area contributed by atoms with E-state index in [1.54, 1.807) is 12.0 Å². The molecule has 0 aromatic heterocycles. The highest BCUT2D eigenvalue weighted by Crippen LogP contribution is 2.21. The van der Waals surface area contributed by atoms with E-state index in [0.717, 1.165) is 5.56 Å². The van der Waals surface area contributed by atoms with Crippen LogP contribution >= 0.6 is 0 Å². The van der Waals surface area contributed by atoms with Crippen molar-refractivity contribution in [2.45, 2.75) is 32.4 Å². The number of nitrogens with zero attached hydrogens (tertiary/aromatic N) is 1. The number of rotatable bonds is 5. The Kier molecular flexibility index (Phi) is 5.20. The first-order chi connectivity index (χ1) is 10.0. The Bertz CT molecular complexity index is 503. The molecular weight excluding hydrogens is 270 g/mol. The van der Waals surface area contributed by atoms with Crippen molar-refractivity contribution in [1.82, 2.24) is 4.90 Å². The maximum absolute atomic E-state index is 12.2. The van der Waals surface area contributed by atoms with E-state index in [2.05, 4.69) is 0 Å². The van der Waals surface area contributed by atoms with Crippen LogP contribution < -0.4 is 4.74 Å². The minimum absolute atomic E-state index is 0.00674. The Morgan fingerprint density at radius 1 is 1.38 bits per heavy atom. The van der Waals surface area contributed by atoms with Gasteiger partial charge in [-0.1, -0.05) is 6.07 Å². The van der Waals surface area contributed by atoms with Gasteiger partial charge in [0, 0.05) is 13.7 Å². The summed E-state index contributed by atoms with van der Waals surface area (Å²) in [5, 5.41) is 9.36. The van der Waals surface area contributed by atoms with Gasteiger partial charge in [0.1, 0.15) is 5.75 Å². The number of aliphatic hydroxyl groups excluding tert-OH is 1. The SMILES string of the molecule is CO[C@@H]1C[C@@H](CO)N(C(=O)COc2ccc(C)c(C)c2)C1. The van der Waals surface area contributed by atoms with Gasteiger partial charge in [-0.05, 0) is 43.5 Å². The van der Waals surface area contributed by atoms with Crippen molar-refractivity contribution in [3.63, 3.8) is 0 Å². The Morgan fingerprint density at radius 2 is 2.14 bits per heavy atom. The Morgan fingerprint density at radius 3 is 2.76 bits per heavy atom. The van der Waals surface area contributed by atoms with Gasteiger partial charge in [0.05, 0.1) is 18.8 Å². The molecule has 1 aliphatic heterocycles. The average Bonchev–Trinajstić information content (AvgIpc) is 2.91. The summed E-state index contributed by atoms with van der Waals surface area (Å²) in [6.07, 6.45) is 0.662. The van der Waals surface area contributed by atoms with Crippen molar-refractivity contribution in [3.05, 3.63) is 29.3 Å². The highest BCUT2D eigenvalue weighted by atomic mass is 16.5. The molecule has 0 spiro atoms. The lowest BCUT2D eigenvalue weighted by atomic mass is 10.1. The van der Waals surface area contributed by atoms with E-state index in [1.807, 2.05) is 32.0 Å². The van der Waals surface area contributed by atoms with Crippen molar-refractivity contribution in [1.29, 1.82) is 0 Å². The van der Waals surface area contributed by atoms with Crippen molar-refractivity contribution >= 4 is 5.91 Å². The molecule has 0 unspecified atom stereocenters. The molecule has 2 atom stereocenters. The van der Waals surface area contributed by atoms with Crippen LogP contribution in [0.1, 0.15) is 17.5 Å². The Hall–Kier alpha value is -1.59. The molecule has 0 bridgehead atoms. The van der Waals surface area contributed by atoms with Crippen LogP contribution in [0.5, 0.6) is 5.75 Å². The Labute approximate surface area is 125 Å². The van der Waals surface area contributed by atoms with Crippen LogP contribution in [-0.4, -0.2) is 54.9 Å². The predicted molar refractivity (Wildman–Crippen MR) is 79.4 cm³/mol. The molecule has 5 heteroatoms. The van der Waals surface area contributed by atoms with Crippen molar-refractivity contribution in [2.24, 2.45) is 0 Å². The van der Waals surface area contributed by atoms with Gasteiger partial charge in [0.15, 0.2) is 6.61 Å². The molecule has 1 aromatic carbocycles. The van der Waals surface area contributed by atoms with Gasteiger partial charge >= 0.3 is 0 Å². The van der Waals surface area contributed by atoms with Crippen LogP contribution in [0.2, 0.25) is 0 Å². The normalized spacial score (nSPS) is 21.6. The maximum atomic E-state index is 12.2. The summed E-state index contributed by atoms with van der Waals surface area (Å²) >= 11 is 0. The summed E-state index contributed by atoms with van der Waals surface area (Å²) in [7, 11) is 1.62. The second kappa shape index (κ2) is 6.91. The van der Waals surface area contributed by atoms with Crippen LogP contribution in [0.4, 0.5) is 0 Å². The van der Waals surface area contributed by atoms with E-state index in [-0.39, 0.29) is 31.3 Å².